The number of hydrogen-bond donors (Lipinski definition) is 2. The predicted molar refractivity (Wildman–Crippen MR) is 119 cm³/mol. The molecule has 1 unspecified atom stereocenters. The van der Waals surface area contributed by atoms with E-state index >= 15 is 0 Å². The molecule has 2 aromatic heterocycles. The maximum absolute atomic E-state index is 12.4. The van der Waals surface area contributed by atoms with Crippen LogP contribution >= 0.6 is 0 Å². The number of H-pyrrole nitrogens is 1. The Morgan fingerprint density at radius 1 is 1.10 bits per heavy atom. The van der Waals surface area contributed by atoms with Gasteiger partial charge in [-0.3, -0.25) is 9.59 Å². The van der Waals surface area contributed by atoms with Crippen molar-refractivity contribution >= 4 is 16.8 Å². The molecule has 158 valence electrons. The molecule has 2 heterocycles. The molecular formula is C24H24N4O3. The fraction of sp³-hybridized carbons (Fsp3) is 0.250. The first-order valence-corrected chi connectivity index (χ1v) is 10.2. The number of carbonyl (C=O) groups is 1. The van der Waals surface area contributed by atoms with Gasteiger partial charge in [0.05, 0.1) is 11.6 Å². The van der Waals surface area contributed by atoms with Crippen LogP contribution in [0.1, 0.15) is 42.0 Å². The number of aryl methyl sites for hydroxylation is 3. The minimum atomic E-state index is -0.284. The Bertz CT molecular complexity index is 1290. The molecule has 0 bridgehead atoms. The van der Waals surface area contributed by atoms with E-state index in [1.165, 1.54) is 5.56 Å². The van der Waals surface area contributed by atoms with Crippen LogP contribution in [-0.2, 0) is 11.2 Å². The molecule has 0 saturated heterocycles. The first kappa shape index (κ1) is 20.5. The van der Waals surface area contributed by atoms with Gasteiger partial charge in [0.1, 0.15) is 0 Å². The highest BCUT2D eigenvalue weighted by Crippen LogP contribution is 2.19. The Morgan fingerprint density at radius 2 is 1.84 bits per heavy atom. The molecule has 0 aliphatic rings. The number of rotatable bonds is 6. The van der Waals surface area contributed by atoms with Gasteiger partial charge in [-0.1, -0.05) is 46.6 Å². The topological polar surface area (TPSA) is 101 Å². The quantitative estimate of drug-likeness (QED) is 0.495. The van der Waals surface area contributed by atoms with E-state index in [-0.39, 0.29) is 29.8 Å². The summed E-state index contributed by atoms with van der Waals surface area (Å²) in [4.78, 5) is 31.9. The second kappa shape index (κ2) is 8.55. The van der Waals surface area contributed by atoms with E-state index in [1.807, 2.05) is 63.2 Å². The van der Waals surface area contributed by atoms with Crippen LogP contribution in [0.2, 0.25) is 0 Å². The Hall–Kier alpha value is -3.74. The molecule has 7 heteroatoms. The third kappa shape index (κ3) is 4.71. The third-order valence-electron chi connectivity index (χ3n) is 5.23. The molecule has 7 nitrogen and oxygen atoms in total. The summed E-state index contributed by atoms with van der Waals surface area (Å²) >= 11 is 0. The lowest BCUT2D eigenvalue weighted by atomic mass is 10.1. The number of pyridine rings is 1. The lowest BCUT2D eigenvalue weighted by Gasteiger charge is -2.14. The van der Waals surface area contributed by atoms with Crippen molar-refractivity contribution in [3.8, 4) is 11.4 Å². The van der Waals surface area contributed by atoms with E-state index in [2.05, 4.69) is 20.4 Å². The Morgan fingerprint density at radius 3 is 2.61 bits per heavy atom. The number of aromatic nitrogens is 3. The van der Waals surface area contributed by atoms with Crippen LogP contribution in [-0.4, -0.2) is 21.0 Å². The van der Waals surface area contributed by atoms with Crippen molar-refractivity contribution in [2.75, 3.05) is 0 Å². The van der Waals surface area contributed by atoms with Gasteiger partial charge in [0.25, 0.3) is 5.56 Å². The van der Waals surface area contributed by atoms with Crippen LogP contribution in [0.15, 0.2) is 57.8 Å². The number of hydrogen-bond acceptors (Lipinski definition) is 5. The highest BCUT2D eigenvalue weighted by Gasteiger charge is 2.15. The highest BCUT2D eigenvalue weighted by molar-refractivity contribution is 5.83. The fourth-order valence-electron chi connectivity index (χ4n) is 3.43. The van der Waals surface area contributed by atoms with Gasteiger partial charge >= 0.3 is 0 Å². The summed E-state index contributed by atoms with van der Waals surface area (Å²) in [5.74, 6) is 0.428. The molecule has 0 aliphatic carbocycles. The molecular weight excluding hydrogens is 392 g/mol. The number of fused-ring (bicyclic) bond motifs is 1. The lowest BCUT2D eigenvalue weighted by Crippen LogP contribution is -2.26. The Kier molecular flexibility index (Phi) is 5.66. The SMILES string of the molecule is Cc1ccc(C(C)NC(=O)CCc2nc(-c3cc4cc(C)ccc4[nH]c3=O)no2)cc1. The van der Waals surface area contributed by atoms with Crippen LogP contribution < -0.4 is 10.9 Å². The minimum absolute atomic E-state index is 0.0917. The standard InChI is InChI=1S/C24H24N4O3/c1-14-4-7-17(8-5-14)16(3)25-21(29)10-11-22-27-23(28-31-22)19-13-18-12-15(2)6-9-20(18)26-24(19)30/h4-9,12-13,16H,10-11H2,1-3H3,(H,25,29)(H,26,30). The molecule has 0 fully saturated rings. The van der Waals surface area contributed by atoms with E-state index in [9.17, 15) is 9.59 Å². The zero-order valence-corrected chi connectivity index (χ0v) is 17.7. The molecule has 0 spiro atoms. The molecule has 0 aliphatic heterocycles. The summed E-state index contributed by atoms with van der Waals surface area (Å²) < 4.78 is 5.27. The summed E-state index contributed by atoms with van der Waals surface area (Å²) in [6, 6.07) is 15.5. The molecule has 2 aromatic carbocycles. The van der Waals surface area contributed by atoms with Crippen LogP contribution in [0.5, 0.6) is 0 Å². The van der Waals surface area contributed by atoms with E-state index in [4.69, 9.17) is 4.52 Å². The third-order valence-corrected chi connectivity index (χ3v) is 5.23. The van der Waals surface area contributed by atoms with Gasteiger partial charge in [0.15, 0.2) is 0 Å². The maximum Gasteiger partial charge on any atom is 0.259 e. The van der Waals surface area contributed by atoms with Crippen LogP contribution in [0, 0.1) is 13.8 Å². The van der Waals surface area contributed by atoms with Crippen LogP contribution in [0.4, 0.5) is 0 Å². The maximum atomic E-state index is 12.4. The molecule has 4 aromatic rings. The number of nitrogens with one attached hydrogen (secondary N) is 2. The normalized spacial score (nSPS) is 12.1. The minimum Gasteiger partial charge on any atom is -0.350 e. The first-order chi connectivity index (χ1) is 14.9. The van der Waals surface area contributed by atoms with Crippen molar-refractivity contribution in [3.63, 3.8) is 0 Å². The zero-order valence-electron chi connectivity index (χ0n) is 17.7. The molecule has 4 rings (SSSR count). The van der Waals surface area contributed by atoms with E-state index in [0.29, 0.717) is 17.9 Å². The smallest absolute Gasteiger partial charge is 0.259 e. The van der Waals surface area contributed by atoms with Gasteiger partial charge < -0.3 is 14.8 Å². The van der Waals surface area contributed by atoms with Gasteiger partial charge in [0, 0.05) is 18.4 Å². The van der Waals surface area contributed by atoms with Gasteiger partial charge in [-0.2, -0.15) is 4.98 Å². The molecule has 31 heavy (non-hydrogen) atoms. The van der Waals surface area contributed by atoms with Crippen LogP contribution in [0.3, 0.4) is 0 Å². The largest absolute Gasteiger partial charge is 0.350 e. The molecule has 0 radical (unpaired) electrons. The van der Waals surface area contributed by atoms with Gasteiger partial charge in [-0.25, -0.2) is 0 Å². The van der Waals surface area contributed by atoms with E-state index in [0.717, 1.165) is 22.0 Å². The first-order valence-electron chi connectivity index (χ1n) is 10.2. The van der Waals surface area contributed by atoms with Crippen molar-refractivity contribution in [1.29, 1.82) is 0 Å². The fourth-order valence-corrected chi connectivity index (χ4v) is 3.43. The van der Waals surface area contributed by atoms with E-state index in [1.54, 1.807) is 6.07 Å². The second-order valence-corrected chi connectivity index (χ2v) is 7.81. The van der Waals surface area contributed by atoms with Gasteiger partial charge in [-0.05, 0) is 49.9 Å². The average molecular weight is 416 g/mol. The molecule has 2 N–H and O–H groups in total. The average Bonchev–Trinajstić information content (AvgIpc) is 3.21. The van der Waals surface area contributed by atoms with Crippen molar-refractivity contribution in [2.24, 2.45) is 0 Å². The van der Waals surface area contributed by atoms with Gasteiger partial charge in [-0.15, -0.1) is 0 Å². The zero-order chi connectivity index (χ0) is 22.0. The molecule has 1 atom stereocenters. The molecule has 0 saturated carbocycles. The highest BCUT2D eigenvalue weighted by atomic mass is 16.5. The number of nitrogens with zero attached hydrogens (tertiary/aromatic N) is 2. The number of amides is 1. The number of benzene rings is 2. The van der Waals surface area contributed by atoms with Crippen molar-refractivity contribution < 1.29 is 9.32 Å². The lowest BCUT2D eigenvalue weighted by molar-refractivity contribution is -0.121. The summed E-state index contributed by atoms with van der Waals surface area (Å²) in [6.07, 6.45) is 0.509. The van der Waals surface area contributed by atoms with Crippen molar-refractivity contribution in [2.45, 2.75) is 39.7 Å². The summed E-state index contributed by atoms with van der Waals surface area (Å²) in [7, 11) is 0. The van der Waals surface area contributed by atoms with Crippen molar-refractivity contribution in [3.05, 3.63) is 81.5 Å². The monoisotopic (exact) mass is 416 g/mol. The number of carbonyl (C=O) groups excluding carboxylic acids is 1. The second-order valence-electron chi connectivity index (χ2n) is 7.81. The Labute approximate surface area is 179 Å². The molecule has 1 amide bonds. The summed E-state index contributed by atoms with van der Waals surface area (Å²) in [5.41, 5.74) is 4.12. The predicted octanol–water partition coefficient (Wildman–Crippen LogP) is 4.00. The number of aromatic amines is 1. The summed E-state index contributed by atoms with van der Waals surface area (Å²) in [5, 5.41) is 7.80. The van der Waals surface area contributed by atoms with Crippen LogP contribution in [0.25, 0.3) is 22.3 Å². The Balaban J connectivity index is 1.42. The van der Waals surface area contributed by atoms with Crippen molar-refractivity contribution in [1.82, 2.24) is 20.4 Å². The summed E-state index contributed by atoms with van der Waals surface area (Å²) in [6.45, 7) is 5.96. The van der Waals surface area contributed by atoms with E-state index < -0.39 is 0 Å². The van der Waals surface area contributed by atoms with Gasteiger partial charge in [0.2, 0.25) is 17.6 Å².